The first-order chi connectivity index (χ1) is 11.5. The standard InChI is InChI=1S/C22H34N2/c1-19(13-14-22-12-7-6-11-21(22)3)9-8-10-20(2)15-16-23-17-18-24(4)5/h8-10,13-16H,6-7,11-12,17-18H2,1-5H3/p+2/b10-8+,14-13+,19-9+,20-15+,23-16?. The summed E-state index contributed by atoms with van der Waals surface area (Å²) in [6, 6.07) is 0. The van der Waals surface area contributed by atoms with Crippen LogP contribution in [0.5, 0.6) is 0 Å². The highest BCUT2D eigenvalue weighted by Gasteiger charge is 2.05. The van der Waals surface area contributed by atoms with E-state index in [0.717, 1.165) is 13.1 Å². The summed E-state index contributed by atoms with van der Waals surface area (Å²) in [6.07, 6.45) is 20.4. The fraction of sp³-hybridized carbons (Fsp3) is 0.500. The monoisotopic (exact) mass is 328 g/mol. The summed E-state index contributed by atoms with van der Waals surface area (Å²) < 4.78 is 0. The Kier molecular flexibility index (Phi) is 10.0. The maximum absolute atomic E-state index is 3.32. The molecule has 0 amide bonds. The van der Waals surface area contributed by atoms with Gasteiger partial charge in [0.05, 0.1) is 14.1 Å². The van der Waals surface area contributed by atoms with Crippen molar-refractivity contribution in [2.75, 3.05) is 27.2 Å². The topological polar surface area (TPSA) is 18.4 Å². The molecule has 0 aliphatic heterocycles. The molecular weight excluding hydrogens is 292 g/mol. The van der Waals surface area contributed by atoms with E-state index in [1.54, 1.807) is 5.57 Å². The summed E-state index contributed by atoms with van der Waals surface area (Å²) in [5, 5.41) is 0. The zero-order valence-corrected chi connectivity index (χ0v) is 16.3. The second-order valence-electron chi connectivity index (χ2n) is 7.10. The molecule has 0 unspecified atom stereocenters. The van der Waals surface area contributed by atoms with Crippen molar-refractivity contribution in [1.29, 1.82) is 0 Å². The van der Waals surface area contributed by atoms with E-state index in [-0.39, 0.29) is 0 Å². The van der Waals surface area contributed by atoms with Crippen molar-refractivity contribution in [3.63, 3.8) is 0 Å². The number of nitrogens with one attached hydrogen (secondary N) is 2. The fourth-order valence-electron chi connectivity index (χ4n) is 2.60. The number of hydrogen-bond acceptors (Lipinski definition) is 0. The van der Waals surface area contributed by atoms with Crippen LogP contribution in [0.25, 0.3) is 0 Å². The molecule has 1 aliphatic carbocycles. The summed E-state index contributed by atoms with van der Waals surface area (Å²) >= 11 is 0. The van der Waals surface area contributed by atoms with E-state index in [1.165, 1.54) is 47.3 Å². The number of hydrogen-bond donors (Lipinski definition) is 2. The van der Waals surface area contributed by atoms with Gasteiger partial charge < -0.3 is 4.90 Å². The number of likely N-dealkylation sites (N-methyl/N-ethyl adjacent to an activating group) is 1. The van der Waals surface area contributed by atoms with Gasteiger partial charge in [-0.2, -0.15) is 0 Å². The summed E-state index contributed by atoms with van der Waals surface area (Å²) in [4.78, 5) is 4.78. The van der Waals surface area contributed by atoms with Gasteiger partial charge in [0.1, 0.15) is 6.54 Å². The summed E-state index contributed by atoms with van der Waals surface area (Å²) in [7, 11) is 4.33. The second kappa shape index (κ2) is 11.8. The molecule has 0 atom stereocenters. The number of rotatable bonds is 8. The third-order valence-electron chi connectivity index (χ3n) is 4.30. The highest BCUT2D eigenvalue weighted by atomic mass is 15.1. The van der Waals surface area contributed by atoms with Crippen LogP contribution in [0.15, 0.2) is 58.7 Å². The molecule has 0 fully saturated rings. The smallest absolute Gasteiger partial charge is 0.189 e. The number of allylic oxidation sites excluding steroid dienone is 10. The van der Waals surface area contributed by atoms with Crippen molar-refractivity contribution in [2.45, 2.75) is 46.5 Å². The van der Waals surface area contributed by atoms with Crippen LogP contribution in [0.2, 0.25) is 0 Å². The first kappa shape index (κ1) is 20.4. The molecule has 2 N–H and O–H groups in total. The lowest BCUT2D eigenvalue weighted by Crippen LogP contribution is -3.08. The maximum atomic E-state index is 3.32. The van der Waals surface area contributed by atoms with Gasteiger partial charge >= 0.3 is 0 Å². The molecule has 24 heavy (non-hydrogen) atoms. The van der Waals surface area contributed by atoms with Crippen molar-refractivity contribution in [3.05, 3.63) is 58.7 Å². The minimum Gasteiger partial charge on any atom is -0.335 e. The third-order valence-corrected chi connectivity index (χ3v) is 4.30. The summed E-state index contributed by atoms with van der Waals surface area (Å²) in [5.41, 5.74) is 5.65. The van der Waals surface area contributed by atoms with Gasteiger partial charge in [0.15, 0.2) is 12.8 Å². The van der Waals surface area contributed by atoms with E-state index in [1.807, 2.05) is 6.21 Å². The average Bonchev–Trinajstić information content (AvgIpc) is 2.53. The van der Waals surface area contributed by atoms with E-state index in [9.17, 15) is 0 Å². The van der Waals surface area contributed by atoms with E-state index in [0.29, 0.717) is 0 Å². The maximum Gasteiger partial charge on any atom is 0.189 e. The second-order valence-corrected chi connectivity index (χ2v) is 7.10. The largest absolute Gasteiger partial charge is 0.335 e. The van der Waals surface area contributed by atoms with Crippen LogP contribution in [-0.4, -0.2) is 33.4 Å². The molecule has 0 saturated heterocycles. The van der Waals surface area contributed by atoms with Gasteiger partial charge in [0.2, 0.25) is 0 Å². The van der Waals surface area contributed by atoms with Gasteiger partial charge in [-0.15, -0.1) is 0 Å². The van der Waals surface area contributed by atoms with Crippen LogP contribution in [0.4, 0.5) is 0 Å². The first-order valence-corrected chi connectivity index (χ1v) is 9.23. The normalized spacial score (nSPS) is 18.1. The van der Waals surface area contributed by atoms with Crippen LogP contribution in [0.3, 0.4) is 0 Å². The predicted octanol–water partition coefficient (Wildman–Crippen LogP) is 2.18. The van der Waals surface area contributed by atoms with Crippen LogP contribution < -0.4 is 9.89 Å². The van der Waals surface area contributed by atoms with Crippen LogP contribution >= 0.6 is 0 Å². The minimum atomic E-state index is 1.01. The van der Waals surface area contributed by atoms with Crippen LogP contribution in [0, 0.1) is 0 Å². The lowest BCUT2D eigenvalue weighted by atomic mass is 9.92. The van der Waals surface area contributed by atoms with Gasteiger partial charge in [-0.1, -0.05) is 41.5 Å². The molecule has 0 aromatic carbocycles. The van der Waals surface area contributed by atoms with Gasteiger partial charge in [-0.3, -0.25) is 0 Å². The molecule has 0 aromatic rings. The Morgan fingerprint density at radius 1 is 1.04 bits per heavy atom. The van der Waals surface area contributed by atoms with Gasteiger partial charge in [0.25, 0.3) is 0 Å². The molecule has 132 valence electrons. The number of quaternary nitrogens is 1. The molecule has 1 aliphatic rings. The molecule has 1 rings (SSSR count). The Balaban J connectivity index is 2.46. The molecule has 0 spiro atoms. The molecular formula is C22H36N2+2. The zero-order chi connectivity index (χ0) is 17.8. The lowest BCUT2D eigenvalue weighted by molar-refractivity contribution is -0.866. The van der Waals surface area contributed by atoms with Gasteiger partial charge in [0, 0.05) is 6.08 Å². The molecule has 0 heterocycles. The van der Waals surface area contributed by atoms with Crippen molar-refractivity contribution in [1.82, 2.24) is 0 Å². The van der Waals surface area contributed by atoms with E-state index in [2.05, 4.69) is 76.3 Å². The molecule has 0 radical (unpaired) electrons. The first-order valence-electron chi connectivity index (χ1n) is 9.23. The van der Waals surface area contributed by atoms with Gasteiger partial charge in [-0.05, 0) is 57.6 Å². The van der Waals surface area contributed by atoms with Crippen molar-refractivity contribution in [3.8, 4) is 0 Å². The molecule has 0 aromatic heterocycles. The average molecular weight is 329 g/mol. The Morgan fingerprint density at radius 2 is 1.75 bits per heavy atom. The highest BCUT2D eigenvalue weighted by molar-refractivity contribution is 5.67. The molecule has 2 heteroatoms. The van der Waals surface area contributed by atoms with Crippen molar-refractivity contribution >= 4 is 6.21 Å². The Labute approximate surface area is 149 Å². The predicted molar refractivity (Wildman–Crippen MR) is 107 cm³/mol. The summed E-state index contributed by atoms with van der Waals surface area (Å²) in [6.45, 7) is 8.70. The van der Waals surface area contributed by atoms with E-state index < -0.39 is 0 Å². The SMILES string of the molecule is CC1=C(/C=C/C(C)=C/C=C/C(C)=C/C=[NH+]CC[NH+](C)C)CCCC1. The zero-order valence-electron chi connectivity index (χ0n) is 16.3. The Bertz CT molecular complexity index is 555. The Morgan fingerprint density at radius 3 is 2.46 bits per heavy atom. The molecule has 0 saturated carbocycles. The van der Waals surface area contributed by atoms with Crippen molar-refractivity contribution in [2.24, 2.45) is 0 Å². The summed E-state index contributed by atoms with van der Waals surface area (Å²) in [5.74, 6) is 0. The van der Waals surface area contributed by atoms with Crippen molar-refractivity contribution < 1.29 is 9.89 Å². The fourth-order valence-corrected chi connectivity index (χ4v) is 2.60. The third kappa shape index (κ3) is 9.46. The highest BCUT2D eigenvalue weighted by Crippen LogP contribution is 2.25. The lowest BCUT2D eigenvalue weighted by Gasteiger charge is -2.14. The van der Waals surface area contributed by atoms with E-state index in [4.69, 9.17) is 0 Å². The quantitative estimate of drug-likeness (QED) is 0.503. The van der Waals surface area contributed by atoms with Crippen LogP contribution in [-0.2, 0) is 0 Å². The molecule has 2 nitrogen and oxygen atoms in total. The van der Waals surface area contributed by atoms with Gasteiger partial charge in [-0.25, -0.2) is 4.99 Å². The molecule has 0 bridgehead atoms. The minimum absolute atomic E-state index is 1.01. The van der Waals surface area contributed by atoms with Crippen LogP contribution in [0.1, 0.15) is 46.5 Å². The van der Waals surface area contributed by atoms with E-state index >= 15 is 0 Å². The Hall–Kier alpha value is -1.67.